The Hall–Kier alpha value is -9.63. The minimum Gasteiger partial charge on any atom is -0.462 e. The van der Waals surface area contributed by atoms with Crippen molar-refractivity contribution in [3.63, 3.8) is 0 Å². The van der Waals surface area contributed by atoms with Crippen molar-refractivity contribution >= 4 is 91.5 Å². The van der Waals surface area contributed by atoms with Gasteiger partial charge in [-0.15, -0.1) is 0 Å². The Morgan fingerprint density at radius 2 is 0.970 bits per heavy atom. The number of nitrogen functional groups attached to an aromatic ring is 2. The van der Waals surface area contributed by atoms with Crippen LogP contribution >= 0.6 is 10.7 Å². The summed E-state index contributed by atoms with van der Waals surface area (Å²) >= 11 is 0. The highest BCUT2D eigenvalue weighted by atomic mass is 35.7. The first-order valence-corrected chi connectivity index (χ1v) is 32.9. The lowest BCUT2D eigenvalue weighted by atomic mass is 9.87. The first-order chi connectivity index (χ1) is 44.9. The lowest BCUT2D eigenvalue weighted by Crippen LogP contribution is -2.26. The van der Waals surface area contributed by atoms with Gasteiger partial charge in [-0.25, -0.2) is 31.0 Å². The van der Waals surface area contributed by atoms with Crippen molar-refractivity contribution in [3.05, 3.63) is 193 Å². The van der Waals surface area contributed by atoms with E-state index in [1.165, 1.54) is 52.7 Å². The molecular formula is C69H79ClF8N12O7S2. The van der Waals surface area contributed by atoms with Gasteiger partial charge >= 0.3 is 17.8 Å². The number of anilines is 3. The van der Waals surface area contributed by atoms with Gasteiger partial charge in [0.2, 0.25) is 5.78 Å². The number of nitrogens with zero attached hydrogens (tertiary/aromatic N) is 8. The number of carbonyl (C=O) groups excluding carboxylic acids is 2. The van der Waals surface area contributed by atoms with Gasteiger partial charge in [-0.2, -0.15) is 50.6 Å². The predicted octanol–water partition coefficient (Wildman–Crippen LogP) is 16.8. The molecule has 0 radical (unpaired) electrons. The summed E-state index contributed by atoms with van der Waals surface area (Å²) in [7, 11) is -2.46. The summed E-state index contributed by atoms with van der Waals surface area (Å²) in [5, 5.41) is 18.2. The number of sulfonamides is 1. The fraction of sp³-hybridized carbons (Fsp3) is 0.304. The predicted molar refractivity (Wildman–Crippen MR) is 372 cm³/mol. The zero-order valence-corrected chi connectivity index (χ0v) is 56.8. The Kier molecular flexibility index (Phi) is 28.9. The number of Topliss-reactive ketones (excluding diaryl/α,β-unsaturated/α-hetero) is 1. The number of aromatic nitrogens is 7. The number of halogens is 9. The largest absolute Gasteiger partial charge is 0.462 e. The number of carbonyl (C=O) groups is 2. The van der Waals surface area contributed by atoms with Crippen LogP contribution in [0.2, 0.25) is 0 Å². The maximum atomic E-state index is 14.1. The molecular weight excluding hydrogens is 1360 g/mol. The van der Waals surface area contributed by atoms with Crippen LogP contribution in [-0.4, -0.2) is 81.6 Å². The second-order valence-electron chi connectivity index (χ2n) is 23.5. The van der Waals surface area contributed by atoms with Gasteiger partial charge in [0.05, 0.1) is 56.1 Å². The molecule has 5 aromatic heterocycles. The van der Waals surface area contributed by atoms with E-state index in [0.717, 1.165) is 51.6 Å². The number of fused-ring (bicyclic) bond motifs is 3. The van der Waals surface area contributed by atoms with E-state index in [9.17, 15) is 61.5 Å². The molecule has 0 spiro atoms. The number of esters is 1. The SMILES string of the molecule is C.C.CC(C)(C)c1ccc(S(=O)(=O)Cl)cc1.CC(C)(C)c1ccc(S(=O)(=O)Nc2cc(C(C)(F)F)nn2-c2cccc3ncccc23)cc1.CC(F)(F)C(=O)CC#N.CC(F)(F)c1cc(N)n(-c2cccc3ncccc23)n1.CCOC(=O)C(C)(F)F.NNc1cccc2ncccc12. The molecule has 5 aromatic carbocycles. The number of nitrogens with two attached hydrogens (primary N) is 2. The fourth-order valence-corrected chi connectivity index (χ4v) is 10.2. The average Bonchev–Trinajstić information content (AvgIpc) is 1.66. The number of hydrogen-bond donors (Lipinski definition) is 4. The van der Waals surface area contributed by atoms with Gasteiger partial charge in [-0.05, 0) is 126 Å². The van der Waals surface area contributed by atoms with Crippen molar-refractivity contribution in [2.24, 2.45) is 5.84 Å². The van der Waals surface area contributed by atoms with Crippen LogP contribution in [0.1, 0.15) is 120 Å². The summed E-state index contributed by atoms with van der Waals surface area (Å²) in [5.41, 5.74) is 13.8. The second kappa shape index (κ2) is 34.2. The van der Waals surface area contributed by atoms with Gasteiger partial charge in [0.1, 0.15) is 29.4 Å². The molecule has 6 N–H and O–H groups in total. The van der Waals surface area contributed by atoms with Gasteiger partial charge in [0.15, 0.2) is 0 Å². The monoisotopic (exact) mass is 1440 g/mol. The summed E-state index contributed by atoms with van der Waals surface area (Å²) < 4.78 is 159. The highest BCUT2D eigenvalue weighted by Gasteiger charge is 2.35. The summed E-state index contributed by atoms with van der Waals surface area (Å²) in [6.07, 6.45) is 4.34. The van der Waals surface area contributed by atoms with Crippen LogP contribution in [0, 0.1) is 11.3 Å². The van der Waals surface area contributed by atoms with Gasteiger partial charge in [-0.1, -0.05) is 98.9 Å². The zero-order chi connectivity index (χ0) is 72.7. The highest BCUT2D eigenvalue weighted by Crippen LogP contribution is 2.34. The lowest BCUT2D eigenvalue weighted by Gasteiger charge is -2.19. The maximum Gasteiger partial charge on any atom is 0.376 e. The molecule has 0 amide bonds. The maximum absolute atomic E-state index is 14.1. The van der Waals surface area contributed by atoms with Crippen LogP contribution in [0.3, 0.4) is 0 Å². The number of ether oxygens (including phenoxy) is 1. The topological polar surface area (TPSA) is 286 Å². The van der Waals surface area contributed by atoms with Crippen molar-refractivity contribution in [2.45, 2.75) is 142 Å². The molecule has 0 aliphatic carbocycles. The van der Waals surface area contributed by atoms with Gasteiger partial charge in [-0.3, -0.25) is 30.3 Å². The van der Waals surface area contributed by atoms with Crippen molar-refractivity contribution in [1.82, 2.24) is 34.5 Å². The Balaban J connectivity index is 0.000000332. The van der Waals surface area contributed by atoms with Gasteiger partial charge < -0.3 is 15.9 Å². The number of benzene rings is 5. The number of rotatable bonds is 13. The quantitative estimate of drug-likeness (QED) is 0.0274. The van der Waals surface area contributed by atoms with Crippen LogP contribution in [-0.2, 0) is 56.1 Å². The van der Waals surface area contributed by atoms with E-state index < -0.39 is 66.6 Å². The fourth-order valence-electron chi connectivity index (χ4n) is 8.36. The molecule has 0 atom stereocenters. The van der Waals surface area contributed by atoms with E-state index in [0.29, 0.717) is 43.0 Å². The number of alkyl halides is 8. The Bertz CT molecular complexity index is 4600. The summed E-state index contributed by atoms with van der Waals surface area (Å²) in [5.74, 6) is -10.4. The first kappa shape index (κ1) is 83.6. The van der Waals surface area contributed by atoms with E-state index in [-0.39, 0.29) is 59.4 Å². The minimum absolute atomic E-state index is 0. The van der Waals surface area contributed by atoms with Crippen LogP contribution < -0.4 is 21.7 Å². The minimum atomic E-state index is -4.06. The standard InChI is InChI=1S/C24H24F2N4O2S.C14H12F2N4.C10H13ClO2S.C9H9N3.C5H5F2NO.C5H8F2O2.2CH4/c1-23(2,3)16-10-12-17(13-11-16)33(31,32)29-22-15-21(24(4,25)26)28-30(22)20-9-5-8-19-18(20)7-6-14-27-19;1-14(15,16)12-8-13(17)20(19-12)11-6-2-5-10-9(11)4-3-7-18-10;1-10(2,3)8-4-6-9(7-5-8)14(11,12)13;10-12-9-5-1-4-8-7(9)3-2-6-11-8;1-5(6,7)4(9)2-3-8;1-3-9-4(8)5(2,6)7;;/h5-15,29H,1-4H3;2-8H,17H2,1H3;4-7H,1-3H3;1-6,12H,10H2;2H2,1H3;3H2,1-2H3;2*1H4. The zero-order valence-electron chi connectivity index (χ0n) is 54.4. The Morgan fingerprint density at radius 1 is 0.566 bits per heavy atom. The Labute approximate surface area is 575 Å². The normalized spacial score (nSPS) is 11.7. The van der Waals surface area contributed by atoms with E-state index in [1.54, 1.807) is 91.4 Å². The van der Waals surface area contributed by atoms with Crippen molar-refractivity contribution in [3.8, 4) is 17.4 Å². The van der Waals surface area contributed by atoms with E-state index in [4.69, 9.17) is 27.5 Å². The molecule has 0 fully saturated rings. The van der Waals surface area contributed by atoms with E-state index in [2.05, 4.69) is 60.8 Å². The van der Waals surface area contributed by atoms with Crippen LogP contribution in [0.5, 0.6) is 0 Å². The summed E-state index contributed by atoms with van der Waals surface area (Å²) in [4.78, 5) is 33.0. The number of nitriles is 1. The number of ketones is 1. The molecule has 30 heteroatoms. The van der Waals surface area contributed by atoms with E-state index >= 15 is 0 Å². The molecule has 10 rings (SSSR count). The van der Waals surface area contributed by atoms with Crippen molar-refractivity contribution in [1.29, 1.82) is 5.26 Å². The molecule has 532 valence electrons. The molecule has 5 heterocycles. The molecule has 19 nitrogen and oxygen atoms in total. The summed E-state index contributed by atoms with van der Waals surface area (Å²) in [6.45, 7) is 16.2. The highest BCUT2D eigenvalue weighted by molar-refractivity contribution is 8.13. The smallest absolute Gasteiger partial charge is 0.376 e. The molecule has 99 heavy (non-hydrogen) atoms. The van der Waals surface area contributed by atoms with Crippen LogP contribution in [0.15, 0.2) is 180 Å². The molecule has 0 unspecified atom stereocenters. The number of nitrogens with one attached hydrogen (secondary N) is 2. The van der Waals surface area contributed by atoms with Crippen LogP contribution in [0.25, 0.3) is 44.1 Å². The molecule has 0 saturated heterocycles. The van der Waals surface area contributed by atoms with Gasteiger partial charge in [0.25, 0.3) is 30.9 Å². The lowest BCUT2D eigenvalue weighted by molar-refractivity contribution is -0.168. The molecule has 0 saturated carbocycles. The summed E-state index contributed by atoms with van der Waals surface area (Å²) in [6, 6.07) is 44.0. The average molecular weight is 1440 g/mol. The van der Waals surface area contributed by atoms with Crippen LogP contribution in [0.4, 0.5) is 52.4 Å². The second-order valence-corrected chi connectivity index (χ2v) is 27.8. The third kappa shape index (κ3) is 23.8. The van der Waals surface area contributed by atoms with Crippen molar-refractivity contribution < 1.29 is 66.3 Å². The molecule has 0 bridgehead atoms. The number of pyridine rings is 3. The number of hydrazine groups is 1. The first-order valence-electron chi connectivity index (χ1n) is 29.1. The van der Waals surface area contributed by atoms with Gasteiger partial charge in [0, 0.05) is 85.3 Å². The number of hydrogen-bond acceptors (Lipinski definition) is 16. The molecule has 0 aliphatic heterocycles. The third-order valence-electron chi connectivity index (χ3n) is 13.5. The molecule has 10 aromatic rings. The third-order valence-corrected chi connectivity index (χ3v) is 16.2. The Morgan fingerprint density at radius 3 is 1.33 bits per heavy atom. The van der Waals surface area contributed by atoms with E-state index in [1.807, 2.05) is 63.2 Å². The van der Waals surface area contributed by atoms with Crippen molar-refractivity contribution in [2.75, 3.05) is 22.5 Å². The molecule has 0 aliphatic rings.